The van der Waals surface area contributed by atoms with Crippen LogP contribution in [-0.4, -0.2) is 48.5 Å². The number of carboxylic acids is 1. The fourth-order valence-electron chi connectivity index (χ4n) is 2.42. The smallest absolute Gasteiger partial charge is 0.317 e. The molecule has 1 aromatic rings. The number of benzene rings is 1. The van der Waals surface area contributed by atoms with Gasteiger partial charge in [0.15, 0.2) is 9.84 Å². The van der Waals surface area contributed by atoms with E-state index in [4.69, 9.17) is 5.11 Å². The molecule has 2 rings (SSSR count). The number of rotatable bonds is 5. The minimum Gasteiger partial charge on any atom is -0.480 e. The quantitative estimate of drug-likeness (QED) is 0.760. The molecule has 0 aliphatic carbocycles. The summed E-state index contributed by atoms with van der Waals surface area (Å²) in [5, 5.41) is 9.04. The lowest BCUT2D eigenvalue weighted by Crippen LogP contribution is -2.39. The third kappa shape index (κ3) is 4.77. The monoisotopic (exact) mass is 439 g/mol. The summed E-state index contributed by atoms with van der Waals surface area (Å²) in [6.45, 7) is 0.256. The number of aliphatic carboxylic acids is 1. The predicted octanol–water partition coefficient (Wildman–Crippen LogP) is 2.29. The molecule has 0 radical (unpaired) electrons. The molecule has 0 aromatic heterocycles. The molecule has 1 heterocycles. The molecule has 1 atom stereocenters. The van der Waals surface area contributed by atoms with Crippen molar-refractivity contribution in [3.8, 4) is 0 Å². The van der Waals surface area contributed by atoms with Crippen LogP contribution in [0.1, 0.15) is 12.0 Å². The van der Waals surface area contributed by atoms with Gasteiger partial charge in [-0.05, 0) is 56.0 Å². The Hall–Kier alpha value is -0.440. The zero-order valence-electron chi connectivity index (χ0n) is 11.1. The summed E-state index contributed by atoms with van der Waals surface area (Å²) < 4.78 is 25.0. The first-order valence-corrected chi connectivity index (χ1v) is 9.78. The molecule has 1 fully saturated rings. The third-order valence-corrected chi connectivity index (χ3v) is 7.06. The van der Waals surface area contributed by atoms with Gasteiger partial charge >= 0.3 is 5.97 Å². The molecule has 1 unspecified atom stereocenters. The highest BCUT2D eigenvalue weighted by Crippen LogP contribution is 2.26. The number of halogens is 2. The van der Waals surface area contributed by atoms with Crippen LogP contribution in [0.15, 0.2) is 27.1 Å². The number of carbonyl (C=O) groups is 1. The molecule has 1 aliphatic rings. The fraction of sp³-hybridized carbons (Fsp3) is 0.462. The van der Waals surface area contributed by atoms with Crippen LogP contribution >= 0.6 is 31.9 Å². The number of hydrogen-bond acceptors (Lipinski definition) is 4. The van der Waals surface area contributed by atoms with Crippen molar-refractivity contribution in [2.75, 3.05) is 18.1 Å². The standard InChI is InChI=1S/C13H15Br2NO4S/c14-11-2-1-9(5-12(11)15)6-16(7-13(17)18)10-3-4-21(19,20)8-10/h1-2,5,10H,3-4,6-8H2,(H,17,18). The van der Waals surface area contributed by atoms with Gasteiger partial charge < -0.3 is 5.11 Å². The summed E-state index contributed by atoms with van der Waals surface area (Å²) in [4.78, 5) is 12.8. The SMILES string of the molecule is O=C(O)CN(Cc1ccc(Br)c(Br)c1)C1CCS(=O)(=O)C1. The summed E-state index contributed by atoms with van der Waals surface area (Å²) in [7, 11) is -3.03. The largest absolute Gasteiger partial charge is 0.480 e. The Morgan fingerprint density at radius 2 is 2.05 bits per heavy atom. The van der Waals surface area contributed by atoms with Crippen molar-refractivity contribution in [2.24, 2.45) is 0 Å². The van der Waals surface area contributed by atoms with E-state index in [-0.39, 0.29) is 24.1 Å². The second-order valence-corrected chi connectivity index (χ2v) is 9.04. The molecule has 0 saturated carbocycles. The van der Waals surface area contributed by atoms with Gasteiger partial charge in [-0.1, -0.05) is 6.07 Å². The van der Waals surface area contributed by atoms with Crippen LogP contribution in [0, 0.1) is 0 Å². The molecule has 1 N–H and O–H groups in total. The van der Waals surface area contributed by atoms with E-state index in [0.717, 1.165) is 14.5 Å². The Balaban J connectivity index is 2.16. The summed E-state index contributed by atoms with van der Waals surface area (Å²) in [5.74, 6) is -0.772. The molecule has 0 spiro atoms. The van der Waals surface area contributed by atoms with Crippen molar-refractivity contribution in [3.63, 3.8) is 0 Å². The maximum atomic E-state index is 11.6. The Morgan fingerprint density at radius 3 is 2.57 bits per heavy atom. The fourth-order valence-corrected chi connectivity index (χ4v) is 4.86. The number of hydrogen-bond donors (Lipinski definition) is 1. The van der Waals surface area contributed by atoms with Crippen molar-refractivity contribution in [3.05, 3.63) is 32.7 Å². The predicted molar refractivity (Wildman–Crippen MR) is 86.9 cm³/mol. The maximum absolute atomic E-state index is 11.6. The molecule has 116 valence electrons. The molecule has 8 heteroatoms. The van der Waals surface area contributed by atoms with Crippen molar-refractivity contribution >= 4 is 47.7 Å². The van der Waals surface area contributed by atoms with E-state index in [2.05, 4.69) is 31.9 Å². The Morgan fingerprint density at radius 1 is 1.33 bits per heavy atom. The van der Waals surface area contributed by atoms with E-state index >= 15 is 0 Å². The average Bonchev–Trinajstić information content (AvgIpc) is 2.73. The second kappa shape index (κ2) is 6.76. The molecular weight excluding hydrogens is 426 g/mol. The molecule has 1 saturated heterocycles. The van der Waals surface area contributed by atoms with Crippen LogP contribution in [0.25, 0.3) is 0 Å². The zero-order chi connectivity index (χ0) is 15.6. The highest BCUT2D eigenvalue weighted by atomic mass is 79.9. The lowest BCUT2D eigenvalue weighted by molar-refractivity contribution is -0.139. The molecule has 0 bridgehead atoms. The second-order valence-electron chi connectivity index (χ2n) is 5.10. The first-order chi connectivity index (χ1) is 9.77. The van der Waals surface area contributed by atoms with Crippen LogP contribution in [0.2, 0.25) is 0 Å². The van der Waals surface area contributed by atoms with E-state index in [0.29, 0.717) is 13.0 Å². The van der Waals surface area contributed by atoms with E-state index < -0.39 is 15.8 Å². The Bertz CT molecular complexity index is 648. The van der Waals surface area contributed by atoms with Crippen LogP contribution in [0.5, 0.6) is 0 Å². The van der Waals surface area contributed by atoms with Gasteiger partial charge in [-0.25, -0.2) is 8.42 Å². The Labute approximate surface area is 140 Å². The van der Waals surface area contributed by atoms with Crippen molar-refractivity contribution in [2.45, 2.75) is 19.0 Å². The van der Waals surface area contributed by atoms with Crippen molar-refractivity contribution < 1.29 is 18.3 Å². The van der Waals surface area contributed by atoms with Crippen molar-refractivity contribution in [1.29, 1.82) is 0 Å². The molecule has 0 amide bonds. The average molecular weight is 441 g/mol. The van der Waals surface area contributed by atoms with Gasteiger partial charge in [0.05, 0.1) is 18.1 Å². The highest BCUT2D eigenvalue weighted by molar-refractivity contribution is 9.13. The first kappa shape index (κ1) is 16.9. The van der Waals surface area contributed by atoms with Gasteiger partial charge in [0, 0.05) is 21.5 Å². The molecule has 21 heavy (non-hydrogen) atoms. The minimum atomic E-state index is -3.03. The Kier molecular flexibility index (Phi) is 5.45. The summed E-state index contributed by atoms with van der Waals surface area (Å²) in [5.41, 5.74) is 0.940. The van der Waals surface area contributed by atoms with Crippen LogP contribution < -0.4 is 0 Å². The van der Waals surface area contributed by atoms with Gasteiger partial charge in [-0.2, -0.15) is 0 Å². The van der Waals surface area contributed by atoms with E-state index in [1.54, 1.807) is 4.90 Å². The lowest BCUT2D eigenvalue weighted by atomic mass is 10.1. The van der Waals surface area contributed by atoms with Crippen LogP contribution in [0.3, 0.4) is 0 Å². The lowest BCUT2D eigenvalue weighted by Gasteiger charge is -2.26. The number of sulfone groups is 1. The topological polar surface area (TPSA) is 74.7 Å². The first-order valence-electron chi connectivity index (χ1n) is 6.37. The van der Waals surface area contributed by atoms with Gasteiger partial charge in [-0.15, -0.1) is 0 Å². The van der Waals surface area contributed by atoms with Gasteiger partial charge in [0.1, 0.15) is 0 Å². The summed E-state index contributed by atoms with van der Waals surface area (Å²) >= 11 is 6.79. The molecule has 5 nitrogen and oxygen atoms in total. The van der Waals surface area contributed by atoms with E-state index in [9.17, 15) is 13.2 Å². The van der Waals surface area contributed by atoms with Gasteiger partial charge in [-0.3, -0.25) is 9.69 Å². The number of carboxylic acid groups (broad SMARTS) is 1. The minimum absolute atomic E-state index is 0.0397. The van der Waals surface area contributed by atoms with Gasteiger partial charge in [0.2, 0.25) is 0 Å². The number of nitrogens with zero attached hydrogens (tertiary/aromatic N) is 1. The van der Waals surface area contributed by atoms with Crippen molar-refractivity contribution in [1.82, 2.24) is 4.90 Å². The molecule has 1 aromatic carbocycles. The summed E-state index contributed by atoms with van der Waals surface area (Å²) in [6.07, 6.45) is 0.493. The van der Waals surface area contributed by atoms with Crippen LogP contribution in [0.4, 0.5) is 0 Å². The van der Waals surface area contributed by atoms with Gasteiger partial charge in [0.25, 0.3) is 0 Å². The zero-order valence-corrected chi connectivity index (χ0v) is 15.1. The molecular formula is C13H15Br2NO4S. The summed E-state index contributed by atoms with van der Waals surface area (Å²) in [6, 6.07) is 5.45. The van der Waals surface area contributed by atoms with E-state index in [1.165, 1.54) is 0 Å². The van der Waals surface area contributed by atoms with E-state index in [1.807, 2.05) is 18.2 Å². The third-order valence-electron chi connectivity index (χ3n) is 3.43. The molecule has 1 aliphatic heterocycles. The highest BCUT2D eigenvalue weighted by Gasteiger charge is 2.33. The normalized spacial score (nSPS) is 20.8. The van der Waals surface area contributed by atoms with Crippen LogP contribution in [-0.2, 0) is 21.2 Å². The maximum Gasteiger partial charge on any atom is 0.317 e.